The van der Waals surface area contributed by atoms with Crippen LogP contribution in [-0.4, -0.2) is 35.5 Å². The Hall–Kier alpha value is -1.91. The number of ketones is 1. The van der Waals surface area contributed by atoms with Crippen LogP contribution in [0, 0.1) is 12.7 Å². The molecule has 1 fully saturated rings. The zero-order valence-electron chi connectivity index (χ0n) is 13.5. The minimum absolute atomic E-state index is 0.00946. The van der Waals surface area contributed by atoms with E-state index in [1.807, 2.05) is 6.92 Å². The highest BCUT2D eigenvalue weighted by Crippen LogP contribution is 2.29. The molecule has 120 valence electrons. The summed E-state index contributed by atoms with van der Waals surface area (Å²) in [6.07, 6.45) is 0.0119. The van der Waals surface area contributed by atoms with Crippen LogP contribution >= 0.6 is 0 Å². The molecule has 0 aliphatic carbocycles. The van der Waals surface area contributed by atoms with E-state index in [0.717, 1.165) is 5.56 Å². The predicted octanol–water partition coefficient (Wildman–Crippen LogP) is 3.43. The van der Waals surface area contributed by atoms with Crippen LogP contribution in [0.25, 0.3) is 0 Å². The summed E-state index contributed by atoms with van der Waals surface area (Å²) >= 11 is 0. The maximum Gasteiger partial charge on any atom is 0.410 e. The molecule has 1 amide bonds. The fourth-order valence-corrected chi connectivity index (χ4v) is 2.62. The third-order valence-corrected chi connectivity index (χ3v) is 3.69. The Morgan fingerprint density at radius 3 is 2.64 bits per heavy atom. The Bertz CT molecular complexity index is 592. The van der Waals surface area contributed by atoms with Gasteiger partial charge in [-0.05, 0) is 57.4 Å². The zero-order valence-corrected chi connectivity index (χ0v) is 13.5. The van der Waals surface area contributed by atoms with Crippen molar-refractivity contribution >= 4 is 11.9 Å². The molecule has 0 aromatic heterocycles. The van der Waals surface area contributed by atoms with Gasteiger partial charge in [0.05, 0.1) is 6.54 Å². The van der Waals surface area contributed by atoms with Gasteiger partial charge in [-0.15, -0.1) is 0 Å². The molecule has 1 aromatic carbocycles. The Balaban J connectivity index is 2.09. The zero-order chi connectivity index (χ0) is 16.5. The molecule has 0 unspecified atom stereocenters. The molecule has 1 aromatic rings. The number of likely N-dealkylation sites (tertiary alicyclic amines) is 1. The van der Waals surface area contributed by atoms with Crippen molar-refractivity contribution in [3.05, 3.63) is 35.1 Å². The van der Waals surface area contributed by atoms with E-state index in [2.05, 4.69) is 0 Å². The second kappa shape index (κ2) is 6.07. The number of halogens is 1. The third-order valence-electron chi connectivity index (χ3n) is 3.69. The van der Waals surface area contributed by atoms with Gasteiger partial charge in [0.25, 0.3) is 0 Å². The summed E-state index contributed by atoms with van der Waals surface area (Å²) in [6, 6.07) is 4.48. The molecule has 0 N–H and O–H groups in total. The Kier molecular flexibility index (Phi) is 4.54. The molecule has 1 saturated heterocycles. The van der Waals surface area contributed by atoms with Crippen LogP contribution in [0.2, 0.25) is 0 Å². The Morgan fingerprint density at radius 2 is 2.05 bits per heavy atom. The topological polar surface area (TPSA) is 46.6 Å². The van der Waals surface area contributed by atoms with Gasteiger partial charge < -0.3 is 9.64 Å². The molecule has 5 heteroatoms. The molecule has 22 heavy (non-hydrogen) atoms. The largest absolute Gasteiger partial charge is 0.444 e. The lowest BCUT2D eigenvalue weighted by Crippen LogP contribution is -2.45. The molecular weight excluding hydrogens is 285 g/mol. The third kappa shape index (κ3) is 3.84. The number of rotatable bonds is 1. The number of ether oxygens (including phenoxy) is 1. The van der Waals surface area contributed by atoms with Gasteiger partial charge in [-0.2, -0.15) is 0 Å². The maximum absolute atomic E-state index is 13.4. The van der Waals surface area contributed by atoms with Gasteiger partial charge in [0.15, 0.2) is 5.78 Å². The SMILES string of the molecule is Cc1ccc(F)cc1[C@H]1CCN(C(=O)OC(C)(C)C)CC1=O. The van der Waals surface area contributed by atoms with Gasteiger partial charge in [0, 0.05) is 12.5 Å². The molecule has 1 aliphatic rings. The number of amides is 1. The molecule has 2 rings (SSSR count). The summed E-state index contributed by atoms with van der Waals surface area (Å²) in [5.41, 5.74) is 1.02. The number of benzene rings is 1. The fraction of sp³-hybridized carbons (Fsp3) is 0.529. The molecule has 1 aliphatic heterocycles. The van der Waals surface area contributed by atoms with Gasteiger partial charge >= 0.3 is 6.09 Å². The van der Waals surface area contributed by atoms with Crippen molar-refractivity contribution in [2.75, 3.05) is 13.1 Å². The number of nitrogens with zero attached hydrogens (tertiary/aromatic N) is 1. The van der Waals surface area contributed by atoms with Crippen molar-refractivity contribution < 1.29 is 18.7 Å². The number of piperidine rings is 1. The van der Waals surface area contributed by atoms with Gasteiger partial charge in [-0.3, -0.25) is 4.79 Å². The second-order valence-corrected chi connectivity index (χ2v) is 6.71. The highest BCUT2D eigenvalue weighted by molar-refractivity contribution is 5.91. The molecule has 0 bridgehead atoms. The first kappa shape index (κ1) is 16.5. The first-order chi connectivity index (χ1) is 10.2. The average Bonchev–Trinajstić information content (AvgIpc) is 2.40. The number of Topliss-reactive ketones (excluding diaryl/α,β-unsaturated/α-hetero) is 1. The molecule has 1 heterocycles. The van der Waals surface area contributed by atoms with Crippen LogP contribution in [0.15, 0.2) is 18.2 Å². The summed E-state index contributed by atoms with van der Waals surface area (Å²) in [4.78, 5) is 25.8. The van der Waals surface area contributed by atoms with E-state index in [1.54, 1.807) is 26.8 Å². The first-order valence-electron chi connectivity index (χ1n) is 7.44. The van der Waals surface area contributed by atoms with Crippen molar-refractivity contribution in [1.29, 1.82) is 0 Å². The smallest absolute Gasteiger partial charge is 0.410 e. The second-order valence-electron chi connectivity index (χ2n) is 6.71. The van der Waals surface area contributed by atoms with E-state index in [9.17, 15) is 14.0 Å². The van der Waals surface area contributed by atoms with Gasteiger partial charge in [0.1, 0.15) is 11.4 Å². The van der Waals surface area contributed by atoms with Gasteiger partial charge in [-0.1, -0.05) is 6.07 Å². The maximum atomic E-state index is 13.4. The van der Waals surface area contributed by atoms with E-state index < -0.39 is 11.7 Å². The Morgan fingerprint density at radius 1 is 1.36 bits per heavy atom. The monoisotopic (exact) mass is 307 g/mol. The van der Waals surface area contributed by atoms with Crippen molar-refractivity contribution in [1.82, 2.24) is 4.90 Å². The van der Waals surface area contributed by atoms with E-state index in [1.165, 1.54) is 17.0 Å². The van der Waals surface area contributed by atoms with E-state index in [-0.39, 0.29) is 24.1 Å². The highest BCUT2D eigenvalue weighted by Gasteiger charge is 2.33. The number of aryl methyl sites for hydroxylation is 1. The molecule has 0 saturated carbocycles. The first-order valence-corrected chi connectivity index (χ1v) is 7.44. The van der Waals surface area contributed by atoms with Crippen molar-refractivity contribution in [3.8, 4) is 0 Å². The van der Waals surface area contributed by atoms with E-state index in [0.29, 0.717) is 18.5 Å². The molecular formula is C17H22FNO3. The highest BCUT2D eigenvalue weighted by atomic mass is 19.1. The summed E-state index contributed by atoms with van der Waals surface area (Å²) in [7, 11) is 0. The minimum atomic E-state index is -0.587. The van der Waals surface area contributed by atoms with Crippen LogP contribution in [0.1, 0.15) is 44.2 Å². The van der Waals surface area contributed by atoms with Crippen molar-refractivity contribution in [3.63, 3.8) is 0 Å². The van der Waals surface area contributed by atoms with E-state index >= 15 is 0 Å². The lowest BCUT2D eigenvalue weighted by atomic mass is 9.86. The van der Waals surface area contributed by atoms with Crippen LogP contribution in [0.5, 0.6) is 0 Å². The lowest BCUT2D eigenvalue weighted by Gasteiger charge is -2.33. The van der Waals surface area contributed by atoms with Gasteiger partial charge in [-0.25, -0.2) is 9.18 Å². The average molecular weight is 307 g/mol. The van der Waals surface area contributed by atoms with Crippen LogP contribution in [0.3, 0.4) is 0 Å². The summed E-state index contributed by atoms with van der Waals surface area (Å²) in [5, 5.41) is 0. The van der Waals surface area contributed by atoms with Crippen LogP contribution < -0.4 is 0 Å². The number of carbonyl (C=O) groups is 2. The predicted molar refractivity (Wildman–Crippen MR) is 81.3 cm³/mol. The van der Waals surface area contributed by atoms with Crippen LogP contribution in [-0.2, 0) is 9.53 Å². The van der Waals surface area contributed by atoms with Crippen LogP contribution in [0.4, 0.5) is 9.18 Å². The number of hydrogen-bond donors (Lipinski definition) is 0. The van der Waals surface area contributed by atoms with Gasteiger partial charge in [0.2, 0.25) is 0 Å². The summed E-state index contributed by atoms with van der Waals surface area (Å²) in [5.74, 6) is -0.775. The molecule has 4 nitrogen and oxygen atoms in total. The van der Waals surface area contributed by atoms with E-state index in [4.69, 9.17) is 4.74 Å². The number of carbonyl (C=O) groups excluding carboxylic acids is 2. The Labute approximate surface area is 130 Å². The van der Waals surface area contributed by atoms with Crippen molar-refractivity contribution in [2.45, 2.75) is 45.6 Å². The lowest BCUT2D eigenvalue weighted by molar-refractivity contribution is -0.123. The summed E-state index contributed by atoms with van der Waals surface area (Å²) in [6.45, 7) is 7.67. The summed E-state index contributed by atoms with van der Waals surface area (Å²) < 4.78 is 18.7. The van der Waals surface area contributed by atoms with Crippen molar-refractivity contribution in [2.24, 2.45) is 0 Å². The molecule has 1 atom stereocenters. The minimum Gasteiger partial charge on any atom is -0.444 e. The standard InChI is InChI=1S/C17H22FNO3/c1-11-5-6-12(18)9-14(11)13-7-8-19(10-15(13)20)16(21)22-17(2,3)4/h5-6,9,13H,7-8,10H2,1-4H3/t13-/m1/s1. The normalized spacial score (nSPS) is 19.2. The molecule has 0 radical (unpaired) electrons. The molecule has 0 spiro atoms. The fourth-order valence-electron chi connectivity index (χ4n) is 2.62. The number of hydrogen-bond acceptors (Lipinski definition) is 3. The quantitative estimate of drug-likeness (QED) is 0.798.